The summed E-state index contributed by atoms with van der Waals surface area (Å²) in [6, 6.07) is -1.87. The van der Waals surface area contributed by atoms with Crippen molar-refractivity contribution in [2.75, 3.05) is 25.6 Å². The molecule has 0 aliphatic heterocycles. The van der Waals surface area contributed by atoms with E-state index in [9.17, 15) is 19.2 Å². The summed E-state index contributed by atoms with van der Waals surface area (Å²) in [6.07, 6.45) is 0. The van der Waals surface area contributed by atoms with E-state index in [2.05, 4.69) is 46.5 Å². The molecular weight excluding hydrogens is 304 g/mol. The van der Waals surface area contributed by atoms with Crippen LogP contribution < -0.4 is 21.3 Å². The van der Waals surface area contributed by atoms with Gasteiger partial charge in [-0.3, -0.25) is 19.2 Å². The summed E-state index contributed by atoms with van der Waals surface area (Å²) in [5.41, 5.74) is 0. The van der Waals surface area contributed by atoms with E-state index in [0.29, 0.717) is 0 Å². The average molecular weight is 322 g/mol. The SMILES string of the molecule is CNC(=O)C(CS)NC(=O)C(=O)NC(CS)C(=O)NC. The fourth-order valence-corrected chi connectivity index (χ4v) is 1.70. The first-order valence-corrected chi connectivity index (χ1v) is 6.94. The van der Waals surface area contributed by atoms with Crippen LogP contribution in [-0.2, 0) is 19.2 Å². The summed E-state index contributed by atoms with van der Waals surface area (Å²) in [6.45, 7) is 0. The Hall–Kier alpha value is -1.42. The van der Waals surface area contributed by atoms with Crippen molar-refractivity contribution in [3.63, 3.8) is 0 Å². The smallest absolute Gasteiger partial charge is 0.310 e. The molecule has 4 N–H and O–H groups in total. The maximum absolute atomic E-state index is 11.6. The molecule has 0 bridgehead atoms. The molecule has 0 radical (unpaired) electrons. The third kappa shape index (κ3) is 5.70. The van der Waals surface area contributed by atoms with Crippen LogP contribution in [0.3, 0.4) is 0 Å². The van der Waals surface area contributed by atoms with E-state index in [1.54, 1.807) is 0 Å². The predicted molar refractivity (Wildman–Crippen MR) is 79.7 cm³/mol. The molecule has 0 aliphatic rings. The van der Waals surface area contributed by atoms with Crippen LogP contribution in [0.1, 0.15) is 0 Å². The molecule has 0 fully saturated rings. The highest BCUT2D eigenvalue weighted by Crippen LogP contribution is 1.91. The molecule has 4 amide bonds. The lowest BCUT2D eigenvalue weighted by Gasteiger charge is -2.17. The topological polar surface area (TPSA) is 116 Å². The number of rotatable bonds is 6. The number of amides is 4. The van der Waals surface area contributed by atoms with Crippen LogP contribution in [-0.4, -0.2) is 61.3 Å². The van der Waals surface area contributed by atoms with Crippen LogP contribution in [0.25, 0.3) is 0 Å². The molecule has 0 saturated carbocycles. The summed E-state index contributed by atoms with van der Waals surface area (Å²) in [7, 11) is 2.79. The van der Waals surface area contributed by atoms with Crippen LogP contribution in [0, 0.1) is 0 Å². The summed E-state index contributed by atoms with van der Waals surface area (Å²) < 4.78 is 0. The van der Waals surface area contributed by atoms with Gasteiger partial charge in [0, 0.05) is 25.6 Å². The fraction of sp³-hybridized carbons (Fsp3) is 0.600. The monoisotopic (exact) mass is 322 g/mol. The Morgan fingerprint density at radius 3 is 1.30 bits per heavy atom. The lowest BCUT2D eigenvalue weighted by molar-refractivity contribution is -0.141. The molecular formula is C10H18N4O4S2. The van der Waals surface area contributed by atoms with E-state index >= 15 is 0 Å². The zero-order valence-corrected chi connectivity index (χ0v) is 12.9. The third-order valence-corrected chi connectivity index (χ3v) is 3.04. The second-order valence-electron chi connectivity index (χ2n) is 3.65. The third-order valence-electron chi connectivity index (χ3n) is 2.31. The van der Waals surface area contributed by atoms with Crippen molar-refractivity contribution in [2.45, 2.75) is 12.1 Å². The second kappa shape index (κ2) is 9.48. The van der Waals surface area contributed by atoms with Gasteiger partial charge >= 0.3 is 11.8 Å². The van der Waals surface area contributed by atoms with Crippen molar-refractivity contribution in [3.05, 3.63) is 0 Å². The van der Waals surface area contributed by atoms with Gasteiger partial charge in [-0.15, -0.1) is 0 Å². The number of likely N-dealkylation sites (N-methyl/N-ethyl adjacent to an activating group) is 2. The molecule has 0 saturated heterocycles. The second-order valence-corrected chi connectivity index (χ2v) is 4.38. The fourth-order valence-electron chi connectivity index (χ4n) is 1.18. The molecule has 114 valence electrons. The summed E-state index contributed by atoms with van der Waals surface area (Å²) in [5, 5.41) is 9.07. The minimum atomic E-state index is -1.02. The quantitative estimate of drug-likeness (QED) is 0.236. The lowest BCUT2D eigenvalue weighted by Crippen LogP contribution is -2.55. The molecule has 0 aromatic rings. The molecule has 8 nitrogen and oxygen atoms in total. The van der Waals surface area contributed by atoms with Crippen molar-refractivity contribution >= 4 is 48.9 Å². The van der Waals surface area contributed by atoms with Crippen molar-refractivity contribution in [2.24, 2.45) is 0 Å². The number of carbonyl (C=O) groups excluding carboxylic acids is 4. The molecule has 2 unspecified atom stereocenters. The Balaban J connectivity index is 4.58. The molecule has 0 heterocycles. The summed E-state index contributed by atoms with van der Waals surface area (Å²) in [4.78, 5) is 45.9. The Morgan fingerprint density at radius 2 is 1.10 bits per heavy atom. The zero-order chi connectivity index (χ0) is 15.7. The van der Waals surface area contributed by atoms with E-state index in [0.717, 1.165) is 0 Å². The number of hydrogen-bond donors (Lipinski definition) is 6. The van der Waals surface area contributed by atoms with E-state index in [1.807, 2.05) is 0 Å². The van der Waals surface area contributed by atoms with Gasteiger partial charge in [-0.2, -0.15) is 25.3 Å². The minimum absolute atomic E-state index is 0.0319. The lowest BCUT2D eigenvalue weighted by atomic mass is 10.3. The van der Waals surface area contributed by atoms with E-state index < -0.39 is 35.7 Å². The predicted octanol–water partition coefficient (Wildman–Crippen LogP) is -2.69. The van der Waals surface area contributed by atoms with Gasteiger partial charge in [-0.1, -0.05) is 0 Å². The van der Waals surface area contributed by atoms with E-state index in [4.69, 9.17) is 0 Å². The molecule has 0 aromatic heterocycles. The number of thiol groups is 2. The van der Waals surface area contributed by atoms with E-state index in [-0.39, 0.29) is 11.5 Å². The van der Waals surface area contributed by atoms with E-state index in [1.165, 1.54) is 14.1 Å². The Morgan fingerprint density at radius 1 is 0.800 bits per heavy atom. The van der Waals surface area contributed by atoms with Gasteiger partial charge in [0.15, 0.2) is 0 Å². The summed E-state index contributed by atoms with van der Waals surface area (Å²) >= 11 is 7.81. The maximum Gasteiger partial charge on any atom is 0.310 e. The zero-order valence-electron chi connectivity index (χ0n) is 11.1. The highest BCUT2D eigenvalue weighted by molar-refractivity contribution is 7.80. The Labute approximate surface area is 127 Å². The van der Waals surface area contributed by atoms with Gasteiger partial charge < -0.3 is 21.3 Å². The molecule has 10 heteroatoms. The van der Waals surface area contributed by atoms with Crippen LogP contribution in [0.4, 0.5) is 0 Å². The first kappa shape index (κ1) is 18.6. The molecule has 0 spiro atoms. The molecule has 20 heavy (non-hydrogen) atoms. The Kier molecular flexibility index (Phi) is 8.81. The largest absolute Gasteiger partial charge is 0.357 e. The number of carbonyl (C=O) groups is 4. The van der Waals surface area contributed by atoms with Gasteiger partial charge in [-0.05, 0) is 0 Å². The Bertz CT molecular complexity index is 355. The highest BCUT2D eigenvalue weighted by atomic mass is 32.1. The van der Waals surface area contributed by atoms with Crippen LogP contribution in [0.5, 0.6) is 0 Å². The molecule has 0 aromatic carbocycles. The van der Waals surface area contributed by atoms with Crippen LogP contribution in [0.2, 0.25) is 0 Å². The van der Waals surface area contributed by atoms with Gasteiger partial charge in [0.1, 0.15) is 12.1 Å². The highest BCUT2D eigenvalue weighted by Gasteiger charge is 2.25. The maximum atomic E-state index is 11.6. The van der Waals surface area contributed by atoms with Gasteiger partial charge in [0.25, 0.3) is 0 Å². The van der Waals surface area contributed by atoms with Crippen molar-refractivity contribution in [3.8, 4) is 0 Å². The van der Waals surface area contributed by atoms with Crippen molar-refractivity contribution < 1.29 is 19.2 Å². The van der Waals surface area contributed by atoms with Gasteiger partial charge in [0.05, 0.1) is 0 Å². The standard InChI is InChI=1S/C10H18N4O4S2/c1-11-7(15)5(3-19)13-9(17)10(18)14-6(4-20)8(16)12-2/h5-6,19-20H,3-4H2,1-2H3,(H,11,15)(H,12,16)(H,13,17)(H,14,18). The number of hydrogen-bond acceptors (Lipinski definition) is 6. The van der Waals surface area contributed by atoms with Gasteiger partial charge in [-0.25, -0.2) is 0 Å². The first-order valence-electron chi connectivity index (χ1n) is 5.67. The van der Waals surface area contributed by atoms with Crippen LogP contribution >= 0.6 is 25.3 Å². The molecule has 2 atom stereocenters. The van der Waals surface area contributed by atoms with Crippen molar-refractivity contribution in [1.82, 2.24) is 21.3 Å². The molecule has 0 aliphatic carbocycles. The normalized spacial score (nSPS) is 12.8. The summed E-state index contributed by atoms with van der Waals surface area (Å²) in [5.74, 6) is -2.93. The number of nitrogens with one attached hydrogen (secondary N) is 4. The molecule has 0 rings (SSSR count). The van der Waals surface area contributed by atoms with Gasteiger partial charge in [0.2, 0.25) is 11.8 Å². The first-order chi connectivity index (χ1) is 9.40. The minimum Gasteiger partial charge on any atom is -0.357 e. The average Bonchev–Trinajstić information content (AvgIpc) is 2.47. The van der Waals surface area contributed by atoms with Crippen molar-refractivity contribution in [1.29, 1.82) is 0 Å². The van der Waals surface area contributed by atoms with Crippen LogP contribution in [0.15, 0.2) is 0 Å².